The molecule has 0 radical (unpaired) electrons. The van der Waals surface area contributed by atoms with Gasteiger partial charge in [-0.2, -0.15) is 0 Å². The third kappa shape index (κ3) is 3.85. The Morgan fingerprint density at radius 3 is 2.19 bits per heavy atom. The van der Waals surface area contributed by atoms with Gasteiger partial charge in [0.2, 0.25) is 0 Å². The predicted octanol–water partition coefficient (Wildman–Crippen LogP) is 6.83. The van der Waals surface area contributed by atoms with Crippen molar-refractivity contribution < 1.29 is 4.74 Å². The first-order chi connectivity index (χ1) is 13.2. The molecule has 1 heterocycles. The van der Waals surface area contributed by atoms with E-state index < -0.39 is 0 Å². The fourth-order valence-electron chi connectivity index (χ4n) is 3.49. The summed E-state index contributed by atoms with van der Waals surface area (Å²) in [6.07, 6.45) is 1.03. The van der Waals surface area contributed by atoms with Crippen LogP contribution in [0.25, 0.3) is 21.8 Å². The minimum Gasteiger partial charge on any atom is -0.497 e. The van der Waals surface area contributed by atoms with E-state index in [0.717, 1.165) is 39.9 Å². The van der Waals surface area contributed by atoms with Crippen LogP contribution in [-0.4, -0.2) is 18.2 Å². The molecule has 0 spiro atoms. The third-order valence-electron chi connectivity index (χ3n) is 4.75. The van der Waals surface area contributed by atoms with E-state index in [2.05, 4.69) is 84.2 Å². The number of aryl methyl sites for hydroxylation is 1. The summed E-state index contributed by atoms with van der Waals surface area (Å²) in [5.74, 6) is 0.874. The summed E-state index contributed by atoms with van der Waals surface area (Å²) < 4.78 is 9.91. The first-order valence-corrected chi connectivity index (χ1v) is 10.5. The van der Waals surface area contributed by atoms with Crippen LogP contribution < -0.4 is 10.1 Å². The number of rotatable bonds is 6. The zero-order chi connectivity index (χ0) is 18.8. The smallest absolute Gasteiger partial charge is 0.120 e. The molecule has 0 aliphatic carbocycles. The van der Waals surface area contributed by atoms with Crippen LogP contribution in [0.4, 0.5) is 5.69 Å². The second-order valence-corrected chi connectivity index (χ2v) is 8.32. The number of aromatic nitrogens is 1. The second-order valence-electron chi connectivity index (χ2n) is 6.49. The van der Waals surface area contributed by atoms with Gasteiger partial charge in [-0.25, -0.2) is 0 Å². The topological polar surface area (TPSA) is 26.2 Å². The molecule has 138 valence electrons. The lowest BCUT2D eigenvalue weighted by Gasteiger charge is -2.10. The summed E-state index contributed by atoms with van der Waals surface area (Å²) in [5.41, 5.74) is 3.63. The van der Waals surface area contributed by atoms with E-state index in [-0.39, 0.29) is 0 Å². The first-order valence-electron chi connectivity index (χ1n) is 8.90. The van der Waals surface area contributed by atoms with Crippen molar-refractivity contribution in [1.82, 2.24) is 4.57 Å². The van der Waals surface area contributed by atoms with Crippen LogP contribution in [0.5, 0.6) is 5.75 Å². The van der Waals surface area contributed by atoms with E-state index in [9.17, 15) is 0 Å². The Balaban J connectivity index is 1.56. The predicted molar refractivity (Wildman–Crippen MR) is 121 cm³/mol. The summed E-state index contributed by atoms with van der Waals surface area (Å²) in [6.45, 7) is 1.86. The number of nitrogens with one attached hydrogen (secondary N) is 1. The highest BCUT2D eigenvalue weighted by Crippen LogP contribution is 2.33. The maximum absolute atomic E-state index is 5.28. The standard InChI is InChI=1S/C22H20Br2N2O/c1-27-18-5-2-4-17(14-18)25-10-3-11-26-21-8-6-15(23)12-19(21)20-13-16(24)7-9-22(20)26/h2,4-9,12-14,25H,3,10-11H2,1H3. The normalized spacial score (nSPS) is 11.2. The highest BCUT2D eigenvalue weighted by molar-refractivity contribution is 9.10. The lowest BCUT2D eigenvalue weighted by Crippen LogP contribution is -2.06. The Bertz CT molecular complexity index is 1050. The molecule has 1 N–H and O–H groups in total. The van der Waals surface area contributed by atoms with E-state index in [0.29, 0.717) is 0 Å². The average molecular weight is 488 g/mol. The van der Waals surface area contributed by atoms with E-state index in [1.165, 1.54) is 21.8 Å². The van der Waals surface area contributed by atoms with Gasteiger partial charge in [0, 0.05) is 55.6 Å². The molecule has 3 nitrogen and oxygen atoms in total. The Morgan fingerprint density at radius 1 is 0.889 bits per heavy atom. The van der Waals surface area contributed by atoms with Crippen LogP contribution >= 0.6 is 31.9 Å². The Labute approximate surface area is 175 Å². The SMILES string of the molecule is COc1cccc(NCCCn2c3ccc(Br)cc3c3cc(Br)ccc32)c1. The Morgan fingerprint density at radius 2 is 1.56 bits per heavy atom. The molecule has 27 heavy (non-hydrogen) atoms. The molecule has 4 rings (SSSR count). The number of ether oxygens (including phenoxy) is 1. The van der Waals surface area contributed by atoms with Crippen molar-refractivity contribution in [2.24, 2.45) is 0 Å². The van der Waals surface area contributed by atoms with E-state index >= 15 is 0 Å². The third-order valence-corrected chi connectivity index (χ3v) is 5.73. The van der Waals surface area contributed by atoms with Crippen LogP contribution in [0.3, 0.4) is 0 Å². The van der Waals surface area contributed by atoms with Crippen molar-refractivity contribution in [1.29, 1.82) is 0 Å². The number of anilines is 1. The van der Waals surface area contributed by atoms with Gasteiger partial charge in [-0.3, -0.25) is 0 Å². The molecule has 0 atom stereocenters. The molecule has 1 aromatic heterocycles. The summed E-state index contributed by atoms with van der Waals surface area (Å²) in [5, 5.41) is 6.05. The molecule has 0 bridgehead atoms. The van der Waals surface area contributed by atoms with Crippen LogP contribution in [0.15, 0.2) is 69.6 Å². The molecule has 5 heteroatoms. The van der Waals surface area contributed by atoms with Gasteiger partial charge in [0.1, 0.15) is 5.75 Å². The van der Waals surface area contributed by atoms with Gasteiger partial charge < -0.3 is 14.6 Å². The fraction of sp³-hybridized carbons (Fsp3) is 0.182. The monoisotopic (exact) mass is 486 g/mol. The van der Waals surface area contributed by atoms with Crippen molar-refractivity contribution in [3.8, 4) is 5.75 Å². The maximum Gasteiger partial charge on any atom is 0.120 e. The van der Waals surface area contributed by atoms with Gasteiger partial charge in [0.25, 0.3) is 0 Å². The van der Waals surface area contributed by atoms with Crippen LogP contribution in [-0.2, 0) is 6.54 Å². The summed E-state index contributed by atoms with van der Waals surface area (Å²) in [7, 11) is 1.69. The molecule has 4 aromatic rings. The van der Waals surface area contributed by atoms with Crippen molar-refractivity contribution in [2.45, 2.75) is 13.0 Å². The summed E-state index contributed by atoms with van der Waals surface area (Å²) >= 11 is 7.21. The van der Waals surface area contributed by atoms with E-state index in [4.69, 9.17) is 4.74 Å². The van der Waals surface area contributed by atoms with Gasteiger partial charge in [-0.15, -0.1) is 0 Å². The lowest BCUT2D eigenvalue weighted by molar-refractivity contribution is 0.415. The zero-order valence-electron chi connectivity index (χ0n) is 15.0. The Hall–Kier alpha value is -1.98. The number of nitrogens with zero attached hydrogens (tertiary/aromatic N) is 1. The lowest BCUT2D eigenvalue weighted by atomic mass is 10.2. The minimum absolute atomic E-state index is 0.874. The van der Waals surface area contributed by atoms with Gasteiger partial charge >= 0.3 is 0 Å². The van der Waals surface area contributed by atoms with E-state index in [1.807, 2.05) is 18.2 Å². The largest absolute Gasteiger partial charge is 0.497 e. The highest BCUT2D eigenvalue weighted by Gasteiger charge is 2.11. The van der Waals surface area contributed by atoms with Crippen molar-refractivity contribution in [3.05, 3.63) is 69.6 Å². The zero-order valence-corrected chi connectivity index (χ0v) is 18.2. The van der Waals surface area contributed by atoms with Gasteiger partial charge in [-0.05, 0) is 55.0 Å². The molecule has 0 aliphatic rings. The highest BCUT2D eigenvalue weighted by atomic mass is 79.9. The fourth-order valence-corrected chi connectivity index (χ4v) is 4.21. The van der Waals surface area contributed by atoms with Crippen molar-refractivity contribution in [2.75, 3.05) is 19.0 Å². The second kappa shape index (κ2) is 7.95. The number of hydrogen-bond acceptors (Lipinski definition) is 2. The maximum atomic E-state index is 5.28. The Kier molecular flexibility index (Phi) is 5.41. The molecule has 3 aromatic carbocycles. The molecule has 0 amide bonds. The van der Waals surface area contributed by atoms with E-state index in [1.54, 1.807) is 7.11 Å². The number of halogens is 2. The summed E-state index contributed by atoms with van der Waals surface area (Å²) in [4.78, 5) is 0. The molecule has 0 fully saturated rings. The minimum atomic E-state index is 0.874. The van der Waals surface area contributed by atoms with Crippen LogP contribution in [0, 0.1) is 0 Å². The molecule has 0 aliphatic heterocycles. The van der Waals surface area contributed by atoms with Gasteiger partial charge in [-0.1, -0.05) is 37.9 Å². The summed E-state index contributed by atoms with van der Waals surface area (Å²) in [6, 6.07) is 21.1. The molecule has 0 saturated heterocycles. The quantitative estimate of drug-likeness (QED) is 0.301. The number of benzene rings is 3. The van der Waals surface area contributed by atoms with Crippen LogP contribution in [0.2, 0.25) is 0 Å². The van der Waals surface area contributed by atoms with Crippen LogP contribution in [0.1, 0.15) is 6.42 Å². The molecule has 0 unspecified atom stereocenters. The number of hydrogen-bond donors (Lipinski definition) is 1. The first kappa shape index (κ1) is 18.4. The number of methoxy groups -OCH3 is 1. The van der Waals surface area contributed by atoms with Crippen molar-refractivity contribution in [3.63, 3.8) is 0 Å². The average Bonchev–Trinajstić information content (AvgIpc) is 2.97. The van der Waals surface area contributed by atoms with Gasteiger partial charge in [0.05, 0.1) is 7.11 Å². The van der Waals surface area contributed by atoms with Gasteiger partial charge in [0.15, 0.2) is 0 Å². The molecular weight excluding hydrogens is 468 g/mol. The van der Waals surface area contributed by atoms with Crippen molar-refractivity contribution >= 4 is 59.4 Å². The number of fused-ring (bicyclic) bond motifs is 3. The molecule has 0 saturated carbocycles. The molecular formula is C22H20Br2N2O.